The summed E-state index contributed by atoms with van der Waals surface area (Å²) in [5.41, 5.74) is 12.3. The lowest BCUT2D eigenvalue weighted by Crippen LogP contribution is -1.99. The molecule has 1 fully saturated rings. The molecule has 160 valence electrons. The van der Waals surface area contributed by atoms with E-state index in [1.807, 2.05) is 0 Å². The van der Waals surface area contributed by atoms with E-state index < -0.39 is 0 Å². The third-order valence-electron chi connectivity index (χ3n) is 7.72. The van der Waals surface area contributed by atoms with Gasteiger partial charge in [0, 0.05) is 17.1 Å². The Balaban J connectivity index is 1.61. The fourth-order valence-corrected chi connectivity index (χ4v) is 6.06. The lowest BCUT2D eigenvalue weighted by molar-refractivity contribution is 0.724. The first-order valence-corrected chi connectivity index (χ1v) is 12.2. The molecule has 1 saturated carbocycles. The van der Waals surface area contributed by atoms with Crippen LogP contribution < -0.4 is 0 Å². The van der Waals surface area contributed by atoms with Crippen LogP contribution in [0.15, 0.2) is 60.8 Å². The van der Waals surface area contributed by atoms with E-state index in [0.717, 1.165) is 12.1 Å². The van der Waals surface area contributed by atoms with E-state index in [2.05, 4.69) is 81.6 Å². The lowest BCUT2D eigenvalue weighted by Gasteiger charge is -2.18. The SMILES string of the molecule is Cc1cc2c(c(-c3ncc(C(C)C)c4ccc(C5CCCC5)cc34)c1)Cc1ccccc1-2. The Morgan fingerprint density at radius 3 is 2.44 bits per heavy atom. The van der Waals surface area contributed by atoms with Gasteiger partial charge in [-0.25, -0.2) is 0 Å². The maximum Gasteiger partial charge on any atom is 0.0783 e. The largest absolute Gasteiger partial charge is 0.255 e. The van der Waals surface area contributed by atoms with E-state index in [-0.39, 0.29) is 0 Å². The van der Waals surface area contributed by atoms with Crippen molar-refractivity contribution in [2.45, 2.75) is 64.7 Å². The molecule has 6 rings (SSSR count). The van der Waals surface area contributed by atoms with Gasteiger partial charge in [-0.1, -0.05) is 69.2 Å². The van der Waals surface area contributed by atoms with Crippen molar-refractivity contribution in [2.24, 2.45) is 0 Å². The van der Waals surface area contributed by atoms with E-state index in [4.69, 9.17) is 4.98 Å². The topological polar surface area (TPSA) is 12.9 Å². The molecule has 4 aromatic rings. The summed E-state index contributed by atoms with van der Waals surface area (Å²) in [6, 6.07) is 20.9. The summed E-state index contributed by atoms with van der Waals surface area (Å²) in [7, 11) is 0. The third kappa shape index (κ3) is 3.10. The second-order valence-electron chi connectivity index (χ2n) is 10.2. The van der Waals surface area contributed by atoms with Crippen LogP contribution in [0, 0.1) is 6.92 Å². The fourth-order valence-electron chi connectivity index (χ4n) is 6.06. The average Bonchev–Trinajstić information content (AvgIpc) is 3.46. The first kappa shape index (κ1) is 19.7. The first-order chi connectivity index (χ1) is 15.6. The maximum atomic E-state index is 5.15. The summed E-state index contributed by atoms with van der Waals surface area (Å²) < 4.78 is 0. The van der Waals surface area contributed by atoms with Gasteiger partial charge in [0.2, 0.25) is 0 Å². The normalized spacial score (nSPS) is 15.5. The number of pyridine rings is 1. The Morgan fingerprint density at radius 2 is 1.62 bits per heavy atom. The Hall–Kier alpha value is -2.93. The van der Waals surface area contributed by atoms with Crippen molar-refractivity contribution in [1.82, 2.24) is 4.98 Å². The standard InChI is InChI=1S/C31H31N/c1-19(2)30-18-32-31(29-16-22(12-13-25(29)30)21-8-4-5-9-21)28-15-20(3)14-26-24-11-7-6-10-23(24)17-27(26)28/h6-7,10-16,18-19,21H,4-5,8-9,17H2,1-3H3. The highest BCUT2D eigenvalue weighted by molar-refractivity contribution is 5.99. The highest BCUT2D eigenvalue weighted by Gasteiger charge is 2.25. The zero-order valence-electron chi connectivity index (χ0n) is 19.4. The highest BCUT2D eigenvalue weighted by Crippen LogP contribution is 2.44. The summed E-state index contributed by atoms with van der Waals surface area (Å²) in [5.74, 6) is 1.17. The van der Waals surface area contributed by atoms with E-state index in [0.29, 0.717) is 11.8 Å². The number of aryl methyl sites for hydroxylation is 1. The molecular formula is C31H31N. The number of rotatable bonds is 3. The number of aromatic nitrogens is 1. The molecule has 0 atom stereocenters. The van der Waals surface area contributed by atoms with Crippen LogP contribution in [0.4, 0.5) is 0 Å². The molecule has 0 spiro atoms. The molecule has 1 aromatic heterocycles. The third-order valence-corrected chi connectivity index (χ3v) is 7.72. The van der Waals surface area contributed by atoms with Gasteiger partial charge in [-0.15, -0.1) is 0 Å². The molecule has 1 nitrogen and oxygen atoms in total. The van der Waals surface area contributed by atoms with Gasteiger partial charge in [-0.3, -0.25) is 4.98 Å². The van der Waals surface area contributed by atoms with E-state index in [1.165, 1.54) is 81.0 Å². The van der Waals surface area contributed by atoms with E-state index in [1.54, 1.807) is 0 Å². The lowest BCUT2D eigenvalue weighted by atomic mass is 9.88. The molecular weight excluding hydrogens is 386 g/mol. The van der Waals surface area contributed by atoms with Gasteiger partial charge < -0.3 is 0 Å². The minimum Gasteiger partial charge on any atom is -0.255 e. The van der Waals surface area contributed by atoms with Crippen molar-refractivity contribution in [2.75, 3.05) is 0 Å². The Bertz CT molecular complexity index is 1340. The Kier molecular flexibility index (Phi) is 4.68. The zero-order chi connectivity index (χ0) is 21.8. The molecule has 0 saturated heterocycles. The van der Waals surface area contributed by atoms with Crippen molar-refractivity contribution in [3.05, 3.63) is 88.6 Å². The molecule has 0 bridgehead atoms. The van der Waals surface area contributed by atoms with Gasteiger partial charge in [0.1, 0.15) is 0 Å². The summed E-state index contributed by atoms with van der Waals surface area (Å²) >= 11 is 0. The van der Waals surface area contributed by atoms with E-state index >= 15 is 0 Å². The Morgan fingerprint density at radius 1 is 0.844 bits per heavy atom. The molecule has 2 aliphatic rings. The average molecular weight is 418 g/mol. The van der Waals surface area contributed by atoms with Crippen molar-refractivity contribution < 1.29 is 0 Å². The van der Waals surface area contributed by atoms with Crippen LogP contribution in [0.1, 0.15) is 79.2 Å². The molecule has 1 heteroatoms. The van der Waals surface area contributed by atoms with Crippen molar-refractivity contribution in [3.63, 3.8) is 0 Å². The Labute approximate surface area is 191 Å². The van der Waals surface area contributed by atoms with Crippen molar-refractivity contribution in [1.29, 1.82) is 0 Å². The smallest absolute Gasteiger partial charge is 0.0783 e. The number of hydrogen-bond acceptors (Lipinski definition) is 1. The van der Waals surface area contributed by atoms with Crippen LogP contribution in [0.2, 0.25) is 0 Å². The monoisotopic (exact) mass is 417 g/mol. The molecule has 3 aromatic carbocycles. The molecule has 0 aliphatic heterocycles. The van der Waals surface area contributed by atoms with Gasteiger partial charge in [0.15, 0.2) is 0 Å². The second kappa shape index (κ2) is 7.59. The van der Waals surface area contributed by atoms with Gasteiger partial charge >= 0.3 is 0 Å². The quantitative estimate of drug-likeness (QED) is 0.286. The van der Waals surface area contributed by atoms with Crippen LogP contribution in [0.25, 0.3) is 33.2 Å². The van der Waals surface area contributed by atoms with Crippen LogP contribution in [-0.4, -0.2) is 4.98 Å². The minimum atomic E-state index is 0.462. The van der Waals surface area contributed by atoms with Gasteiger partial charge in [-0.2, -0.15) is 0 Å². The predicted molar refractivity (Wildman–Crippen MR) is 135 cm³/mol. The zero-order valence-corrected chi connectivity index (χ0v) is 19.4. The molecule has 0 unspecified atom stereocenters. The van der Waals surface area contributed by atoms with Crippen molar-refractivity contribution >= 4 is 10.8 Å². The van der Waals surface area contributed by atoms with Crippen LogP contribution in [0.3, 0.4) is 0 Å². The number of nitrogens with zero attached hydrogens (tertiary/aromatic N) is 1. The number of benzene rings is 3. The summed E-state index contributed by atoms with van der Waals surface area (Å²) in [6.45, 7) is 6.78. The molecule has 2 aliphatic carbocycles. The summed E-state index contributed by atoms with van der Waals surface area (Å²) in [4.78, 5) is 5.15. The fraction of sp³-hybridized carbons (Fsp3) is 0.323. The number of fused-ring (bicyclic) bond motifs is 4. The van der Waals surface area contributed by atoms with Crippen molar-refractivity contribution in [3.8, 4) is 22.4 Å². The van der Waals surface area contributed by atoms with Crippen LogP contribution in [0.5, 0.6) is 0 Å². The second-order valence-corrected chi connectivity index (χ2v) is 10.2. The van der Waals surface area contributed by atoms with Gasteiger partial charge in [-0.05, 0) is 94.5 Å². The molecule has 0 radical (unpaired) electrons. The maximum absolute atomic E-state index is 5.15. The van der Waals surface area contributed by atoms with Crippen LogP contribution in [-0.2, 0) is 6.42 Å². The molecule has 0 N–H and O–H groups in total. The minimum absolute atomic E-state index is 0.462. The van der Waals surface area contributed by atoms with Gasteiger partial charge in [0.05, 0.1) is 5.69 Å². The van der Waals surface area contributed by atoms with Crippen LogP contribution >= 0.6 is 0 Å². The molecule has 1 heterocycles. The molecule has 32 heavy (non-hydrogen) atoms. The number of hydrogen-bond donors (Lipinski definition) is 0. The first-order valence-electron chi connectivity index (χ1n) is 12.2. The van der Waals surface area contributed by atoms with E-state index in [9.17, 15) is 0 Å². The van der Waals surface area contributed by atoms with Gasteiger partial charge in [0.25, 0.3) is 0 Å². The summed E-state index contributed by atoms with van der Waals surface area (Å²) in [6.07, 6.45) is 8.51. The highest BCUT2D eigenvalue weighted by atomic mass is 14.7. The predicted octanol–water partition coefficient (Wildman–Crippen LogP) is 8.56. The molecule has 0 amide bonds. The summed E-state index contributed by atoms with van der Waals surface area (Å²) in [5, 5.41) is 2.71.